The Morgan fingerprint density at radius 1 is 1.12 bits per heavy atom. The Balaban J connectivity index is 1.60. The molecule has 3 N–H and O–H groups in total. The molecular formula is C20H22N4O2. The van der Waals surface area contributed by atoms with Crippen LogP contribution in [0.2, 0.25) is 0 Å². The summed E-state index contributed by atoms with van der Waals surface area (Å²) in [5.74, 6) is -0.412. The van der Waals surface area contributed by atoms with Crippen molar-refractivity contribution in [3.8, 4) is 0 Å². The SMILES string of the molecule is NC(=O)c1n[nH]c2ccc3cc(C(=O)CCN4CCCCC4)ccc3c12. The molecule has 0 unspecified atom stereocenters. The predicted molar refractivity (Wildman–Crippen MR) is 101 cm³/mol. The van der Waals surface area contributed by atoms with Crippen molar-refractivity contribution in [2.24, 2.45) is 5.73 Å². The van der Waals surface area contributed by atoms with Crippen LogP contribution in [0, 0.1) is 0 Å². The van der Waals surface area contributed by atoms with Crippen LogP contribution in [0.5, 0.6) is 0 Å². The Kier molecular flexibility index (Phi) is 4.42. The lowest BCUT2D eigenvalue weighted by Crippen LogP contribution is -2.31. The molecule has 6 heteroatoms. The maximum absolute atomic E-state index is 12.6. The van der Waals surface area contributed by atoms with E-state index in [4.69, 9.17) is 5.73 Å². The summed E-state index contributed by atoms with van der Waals surface area (Å²) < 4.78 is 0. The van der Waals surface area contributed by atoms with E-state index in [9.17, 15) is 9.59 Å². The molecule has 0 aliphatic carbocycles. The molecule has 4 rings (SSSR count). The average Bonchev–Trinajstić information content (AvgIpc) is 3.11. The number of hydrogen-bond donors (Lipinski definition) is 2. The molecule has 0 saturated carbocycles. The molecule has 0 radical (unpaired) electrons. The molecule has 134 valence electrons. The molecule has 0 spiro atoms. The number of rotatable bonds is 5. The van der Waals surface area contributed by atoms with Gasteiger partial charge >= 0.3 is 0 Å². The van der Waals surface area contributed by atoms with E-state index in [0.717, 1.165) is 35.9 Å². The maximum Gasteiger partial charge on any atom is 0.269 e. The fraction of sp³-hybridized carbons (Fsp3) is 0.350. The first-order valence-electron chi connectivity index (χ1n) is 9.10. The quantitative estimate of drug-likeness (QED) is 0.692. The number of primary amides is 1. The van der Waals surface area contributed by atoms with Gasteiger partial charge < -0.3 is 10.6 Å². The zero-order valence-corrected chi connectivity index (χ0v) is 14.6. The molecular weight excluding hydrogens is 328 g/mol. The molecule has 1 aliphatic rings. The number of nitrogens with one attached hydrogen (secondary N) is 1. The van der Waals surface area contributed by atoms with E-state index in [0.29, 0.717) is 17.4 Å². The van der Waals surface area contributed by atoms with Crippen LogP contribution >= 0.6 is 0 Å². The number of fused-ring (bicyclic) bond motifs is 3. The van der Waals surface area contributed by atoms with Crippen LogP contribution in [0.3, 0.4) is 0 Å². The predicted octanol–water partition coefficient (Wildman–Crippen LogP) is 2.87. The second-order valence-electron chi connectivity index (χ2n) is 6.94. The fourth-order valence-corrected chi connectivity index (χ4v) is 3.79. The minimum atomic E-state index is -0.564. The van der Waals surface area contributed by atoms with Crippen molar-refractivity contribution >= 4 is 33.4 Å². The summed E-state index contributed by atoms with van der Waals surface area (Å²) >= 11 is 0. The number of carbonyl (C=O) groups is 2. The lowest BCUT2D eigenvalue weighted by atomic mass is 9.99. The number of benzene rings is 2. The Morgan fingerprint density at radius 3 is 2.69 bits per heavy atom. The lowest BCUT2D eigenvalue weighted by molar-refractivity contribution is 0.0957. The van der Waals surface area contributed by atoms with Gasteiger partial charge in [0.1, 0.15) is 0 Å². The van der Waals surface area contributed by atoms with Gasteiger partial charge in [-0.2, -0.15) is 5.10 Å². The number of carbonyl (C=O) groups excluding carboxylic acids is 2. The van der Waals surface area contributed by atoms with Crippen molar-refractivity contribution in [1.82, 2.24) is 15.1 Å². The fourth-order valence-electron chi connectivity index (χ4n) is 3.79. The normalized spacial score (nSPS) is 15.5. The van der Waals surface area contributed by atoms with E-state index in [-0.39, 0.29) is 11.5 Å². The van der Waals surface area contributed by atoms with E-state index in [2.05, 4.69) is 15.1 Å². The highest BCUT2D eigenvalue weighted by Crippen LogP contribution is 2.28. The van der Waals surface area contributed by atoms with Crippen LogP contribution < -0.4 is 5.73 Å². The highest BCUT2D eigenvalue weighted by molar-refractivity contribution is 6.16. The zero-order chi connectivity index (χ0) is 18.1. The number of amides is 1. The van der Waals surface area contributed by atoms with Gasteiger partial charge in [-0.05, 0) is 48.8 Å². The number of nitrogens with two attached hydrogens (primary N) is 1. The van der Waals surface area contributed by atoms with E-state index < -0.39 is 5.91 Å². The molecule has 6 nitrogen and oxygen atoms in total. The van der Waals surface area contributed by atoms with E-state index in [1.807, 2.05) is 30.3 Å². The van der Waals surface area contributed by atoms with Crippen molar-refractivity contribution < 1.29 is 9.59 Å². The number of piperidine rings is 1. The third-order valence-corrected chi connectivity index (χ3v) is 5.20. The standard InChI is InChI=1S/C20H22N4O2/c21-20(26)19-18-15-6-4-14(12-13(15)5-7-16(18)22-23-19)17(25)8-11-24-9-2-1-3-10-24/h4-7,12H,1-3,8-11H2,(H2,21,26)(H,22,23). The Morgan fingerprint density at radius 2 is 1.92 bits per heavy atom. The molecule has 0 bridgehead atoms. The van der Waals surface area contributed by atoms with Gasteiger partial charge in [0, 0.05) is 23.9 Å². The van der Waals surface area contributed by atoms with Gasteiger partial charge in [0.25, 0.3) is 5.91 Å². The van der Waals surface area contributed by atoms with Crippen molar-refractivity contribution in [3.05, 3.63) is 41.6 Å². The van der Waals surface area contributed by atoms with Crippen LogP contribution in [0.1, 0.15) is 46.5 Å². The minimum Gasteiger partial charge on any atom is -0.364 e. The molecule has 1 aliphatic heterocycles. The zero-order valence-electron chi connectivity index (χ0n) is 14.6. The summed E-state index contributed by atoms with van der Waals surface area (Å²) in [5.41, 5.74) is 7.12. The first kappa shape index (κ1) is 16.7. The van der Waals surface area contributed by atoms with Gasteiger partial charge in [-0.25, -0.2) is 0 Å². The highest BCUT2D eigenvalue weighted by Gasteiger charge is 2.16. The summed E-state index contributed by atoms with van der Waals surface area (Å²) in [5, 5.41) is 9.33. The molecule has 1 fully saturated rings. The van der Waals surface area contributed by atoms with Crippen LogP contribution in [-0.2, 0) is 0 Å². The van der Waals surface area contributed by atoms with Crippen molar-refractivity contribution in [1.29, 1.82) is 0 Å². The number of likely N-dealkylation sites (tertiary alicyclic amines) is 1. The smallest absolute Gasteiger partial charge is 0.269 e. The Hall–Kier alpha value is -2.73. The molecule has 2 heterocycles. The van der Waals surface area contributed by atoms with Crippen molar-refractivity contribution in [2.75, 3.05) is 19.6 Å². The van der Waals surface area contributed by atoms with Gasteiger partial charge in [-0.15, -0.1) is 0 Å². The summed E-state index contributed by atoms with van der Waals surface area (Å²) in [6.45, 7) is 3.02. The summed E-state index contributed by atoms with van der Waals surface area (Å²) in [6, 6.07) is 9.40. The van der Waals surface area contributed by atoms with E-state index in [1.165, 1.54) is 19.3 Å². The van der Waals surface area contributed by atoms with Crippen molar-refractivity contribution in [3.63, 3.8) is 0 Å². The number of H-pyrrole nitrogens is 1. The van der Waals surface area contributed by atoms with Gasteiger partial charge in [-0.1, -0.05) is 24.6 Å². The number of ketones is 1. The topological polar surface area (TPSA) is 92.1 Å². The van der Waals surface area contributed by atoms with Crippen molar-refractivity contribution in [2.45, 2.75) is 25.7 Å². The van der Waals surface area contributed by atoms with Gasteiger partial charge in [-0.3, -0.25) is 14.7 Å². The van der Waals surface area contributed by atoms with Gasteiger partial charge in [0.15, 0.2) is 11.5 Å². The van der Waals surface area contributed by atoms with Gasteiger partial charge in [0.2, 0.25) is 0 Å². The first-order valence-corrected chi connectivity index (χ1v) is 9.10. The number of nitrogens with zero attached hydrogens (tertiary/aromatic N) is 2. The van der Waals surface area contributed by atoms with E-state index >= 15 is 0 Å². The monoisotopic (exact) mass is 350 g/mol. The molecule has 3 aromatic rings. The molecule has 1 saturated heterocycles. The van der Waals surface area contributed by atoms with Crippen LogP contribution in [0.15, 0.2) is 30.3 Å². The molecule has 26 heavy (non-hydrogen) atoms. The lowest BCUT2D eigenvalue weighted by Gasteiger charge is -2.25. The minimum absolute atomic E-state index is 0.153. The summed E-state index contributed by atoms with van der Waals surface area (Å²) in [4.78, 5) is 26.6. The van der Waals surface area contributed by atoms with Crippen LogP contribution in [-0.4, -0.2) is 46.4 Å². The number of aromatic nitrogens is 2. The average molecular weight is 350 g/mol. The number of hydrogen-bond acceptors (Lipinski definition) is 4. The second kappa shape index (κ2) is 6.88. The summed E-state index contributed by atoms with van der Waals surface area (Å²) in [7, 11) is 0. The second-order valence-corrected chi connectivity index (χ2v) is 6.94. The third kappa shape index (κ3) is 3.08. The molecule has 1 amide bonds. The third-order valence-electron chi connectivity index (χ3n) is 5.20. The largest absolute Gasteiger partial charge is 0.364 e. The highest BCUT2D eigenvalue weighted by atomic mass is 16.1. The van der Waals surface area contributed by atoms with E-state index in [1.54, 1.807) is 0 Å². The Labute approximate surface area is 151 Å². The number of Topliss-reactive ketones (excluding diaryl/α,β-unsaturated/α-hetero) is 1. The first-order chi connectivity index (χ1) is 12.6. The Bertz CT molecular complexity index is 986. The molecule has 2 aromatic carbocycles. The number of aromatic amines is 1. The summed E-state index contributed by atoms with van der Waals surface area (Å²) in [6.07, 6.45) is 4.29. The van der Waals surface area contributed by atoms with Crippen LogP contribution in [0.25, 0.3) is 21.7 Å². The molecule has 1 aromatic heterocycles. The molecule has 0 atom stereocenters. The maximum atomic E-state index is 12.6. The van der Waals surface area contributed by atoms with Crippen LogP contribution in [0.4, 0.5) is 0 Å². The van der Waals surface area contributed by atoms with Gasteiger partial charge in [0.05, 0.1) is 5.52 Å².